The molecule has 1 unspecified atom stereocenters. The molecule has 8 heteroatoms. The number of benzene rings is 1. The first-order valence-electron chi connectivity index (χ1n) is 6.96. The number of alkyl halides is 3. The van der Waals surface area contributed by atoms with Gasteiger partial charge in [-0.2, -0.15) is 18.3 Å². The van der Waals surface area contributed by atoms with Gasteiger partial charge in [0.2, 0.25) is 0 Å². The van der Waals surface area contributed by atoms with Crippen LogP contribution >= 0.6 is 0 Å². The second kappa shape index (κ2) is 5.53. The molecular weight excluding hydrogens is 307 g/mol. The van der Waals surface area contributed by atoms with Gasteiger partial charge in [0, 0.05) is 6.04 Å². The van der Waals surface area contributed by atoms with Crippen molar-refractivity contribution in [1.29, 1.82) is 0 Å². The van der Waals surface area contributed by atoms with Crippen molar-refractivity contribution in [1.82, 2.24) is 20.2 Å². The van der Waals surface area contributed by atoms with E-state index in [1.165, 1.54) is 6.07 Å². The van der Waals surface area contributed by atoms with Crippen LogP contribution in [0.5, 0.6) is 0 Å². The van der Waals surface area contributed by atoms with Crippen molar-refractivity contribution < 1.29 is 13.2 Å². The van der Waals surface area contributed by atoms with Crippen molar-refractivity contribution in [2.24, 2.45) is 0 Å². The predicted molar refractivity (Wildman–Crippen MR) is 79.9 cm³/mol. The second-order valence-electron chi connectivity index (χ2n) is 5.24. The fraction of sp³-hybridized carbons (Fsp3) is 0.267. The van der Waals surface area contributed by atoms with E-state index in [0.717, 1.165) is 12.1 Å². The number of hydrogen-bond acceptors (Lipinski definition) is 4. The zero-order valence-electron chi connectivity index (χ0n) is 12.4. The molecule has 1 atom stereocenters. The SMILES string of the molecule is Cc1nc(NC(C)c2cccc(C(F)(F)F)c2)c2cn[nH]c2n1. The topological polar surface area (TPSA) is 66.5 Å². The second-order valence-corrected chi connectivity index (χ2v) is 5.24. The molecule has 0 aliphatic heterocycles. The Morgan fingerprint density at radius 2 is 2.00 bits per heavy atom. The number of rotatable bonds is 3. The molecule has 120 valence electrons. The molecule has 0 fully saturated rings. The highest BCUT2D eigenvalue weighted by Gasteiger charge is 2.30. The molecular formula is C15H14F3N5. The fourth-order valence-corrected chi connectivity index (χ4v) is 2.33. The molecule has 0 saturated heterocycles. The van der Waals surface area contributed by atoms with Crippen LogP contribution in [0.25, 0.3) is 11.0 Å². The molecule has 0 saturated carbocycles. The quantitative estimate of drug-likeness (QED) is 0.769. The van der Waals surface area contributed by atoms with E-state index < -0.39 is 11.7 Å². The highest BCUT2D eigenvalue weighted by molar-refractivity contribution is 5.86. The minimum atomic E-state index is -4.36. The summed E-state index contributed by atoms with van der Waals surface area (Å²) in [6.45, 7) is 3.51. The minimum Gasteiger partial charge on any atom is -0.363 e. The molecule has 2 aromatic heterocycles. The first-order chi connectivity index (χ1) is 10.8. The average molecular weight is 321 g/mol. The lowest BCUT2D eigenvalue weighted by atomic mass is 10.0. The lowest BCUT2D eigenvalue weighted by molar-refractivity contribution is -0.137. The Bertz CT molecular complexity index is 840. The molecule has 0 aliphatic carbocycles. The lowest BCUT2D eigenvalue weighted by Crippen LogP contribution is -2.11. The summed E-state index contributed by atoms with van der Waals surface area (Å²) in [6, 6.07) is 4.88. The normalized spacial score (nSPS) is 13.3. The van der Waals surface area contributed by atoms with E-state index in [9.17, 15) is 13.2 Å². The van der Waals surface area contributed by atoms with Gasteiger partial charge in [0.25, 0.3) is 0 Å². The Hall–Kier alpha value is -2.64. The number of aromatic nitrogens is 4. The van der Waals surface area contributed by atoms with E-state index in [1.807, 2.05) is 0 Å². The maximum atomic E-state index is 12.8. The maximum absolute atomic E-state index is 12.8. The van der Waals surface area contributed by atoms with Gasteiger partial charge < -0.3 is 5.32 Å². The summed E-state index contributed by atoms with van der Waals surface area (Å²) in [5.41, 5.74) is 0.431. The number of halogens is 3. The van der Waals surface area contributed by atoms with Crippen LogP contribution < -0.4 is 5.32 Å². The third-order valence-electron chi connectivity index (χ3n) is 3.49. The molecule has 2 heterocycles. The van der Waals surface area contributed by atoms with Crippen molar-refractivity contribution in [2.75, 3.05) is 5.32 Å². The summed E-state index contributed by atoms with van der Waals surface area (Å²) in [6.07, 6.45) is -2.78. The van der Waals surface area contributed by atoms with Crippen LogP contribution in [0.2, 0.25) is 0 Å². The van der Waals surface area contributed by atoms with E-state index in [-0.39, 0.29) is 6.04 Å². The smallest absolute Gasteiger partial charge is 0.363 e. The molecule has 0 spiro atoms. The number of hydrogen-bond donors (Lipinski definition) is 2. The van der Waals surface area contributed by atoms with Crippen LogP contribution in [0, 0.1) is 6.92 Å². The molecule has 0 radical (unpaired) electrons. The van der Waals surface area contributed by atoms with E-state index in [2.05, 4.69) is 25.5 Å². The number of anilines is 1. The van der Waals surface area contributed by atoms with E-state index in [0.29, 0.717) is 28.2 Å². The standard InChI is InChI=1S/C15H14F3N5/c1-8(10-4-3-5-11(6-10)15(16,17)18)20-13-12-7-19-23-14(12)22-9(2)21-13/h3-8H,1-2H3,(H2,19,20,21,22,23). The minimum absolute atomic E-state index is 0.357. The van der Waals surface area contributed by atoms with Gasteiger partial charge in [0.1, 0.15) is 11.6 Å². The summed E-state index contributed by atoms with van der Waals surface area (Å²) >= 11 is 0. The van der Waals surface area contributed by atoms with Crippen LogP contribution in [0.15, 0.2) is 30.5 Å². The van der Waals surface area contributed by atoms with Crippen molar-refractivity contribution in [3.05, 3.63) is 47.4 Å². The number of nitrogens with zero attached hydrogens (tertiary/aromatic N) is 3. The van der Waals surface area contributed by atoms with E-state index >= 15 is 0 Å². The van der Waals surface area contributed by atoms with Gasteiger partial charge in [0.15, 0.2) is 5.65 Å². The highest BCUT2D eigenvalue weighted by Crippen LogP contribution is 2.31. The van der Waals surface area contributed by atoms with Crippen LogP contribution in [-0.2, 0) is 6.18 Å². The van der Waals surface area contributed by atoms with Crippen LogP contribution in [0.4, 0.5) is 19.0 Å². The molecule has 5 nitrogen and oxygen atoms in total. The molecule has 0 aliphatic rings. The molecule has 0 amide bonds. The first kappa shape index (κ1) is 15.3. The molecule has 1 aromatic carbocycles. The van der Waals surface area contributed by atoms with Gasteiger partial charge in [-0.25, -0.2) is 9.97 Å². The highest BCUT2D eigenvalue weighted by atomic mass is 19.4. The van der Waals surface area contributed by atoms with Gasteiger partial charge in [-0.05, 0) is 31.5 Å². The van der Waals surface area contributed by atoms with Crippen molar-refractivity contribution >= 4 is 16.9 Å². The number of aryl methyl sites for hydroxylation is 1. The third kappa shape index (κ3) is 3.10. The van der Waals surface area contributed by atoms with Crippen molar-refractivity contribution in [3.63, 3.8) is 0 Å². The Labute approximate surface area is 130 Å². The monoisotopic (exact) mass is 321 g/mol. The van der Waals surface area contributed by atoms with Gasteiger partial charge in [-0.15, -0.1) is 0 Å². The van der Waals surface area contributed by atoms with E-state index in [4.69, 9.17) is 0 Å². The Kier molecular flexibility index (Phi) is 3.67. The summed E-state index contributed by atoms with van der Waals surface area (Å²) in [7, 11) is 0. The van der Waals surface area contributed by atoms with Gasteiger partial charge in [-0.3, -0.25) is 5.10 Å². The average Bonchev–Trinajstić information content (AvgIpc) is 2.94. The van der Waals surface area contributed by atoms with Crippen LogP contribution in [0.3, 0.4) is 0 Å². The third-order valence-corrected chi connectivity index (χ3v) is 3.49. The summed E-state index contributed by atoms with van der Waals surface area (Å²) in [5, 5.41) is 10.5. The number of aromatic amines is 1. The Morgan fingerprint density at radius 3 is 2.74 bits per heavy atom. The van der Waals surface area contributed by atoms with Crippen molar-refractivity contribution in [3.8, 4) is 0 Å². The Balaban J connectivity index is 1.92. The maximum Gasteiger partial charge on any atom is 0.416 e. The zero-order valence-corrected chi connectivity index (χ0v) is 12.4. The number of fused-ring (bicyclic) bond motifs is 1. The summed E-state index contributed by atoms with van der Waals surface area (Å²) in [5.74, 6) is 1.08. The molecule has 2 N–H and O–H groups in total. The molecule has 3 rings (SSSR count). The van der Waals surface area contributed by atoms with Gasteiger partial charge >= 0.3 is 6.18 Å². The summed E-state index contributed by atoms with van der Waals surface area (Å²) in [4.78, 5) is 8.51. The summed E-state index contributed by atoms with van der Waals surface area (Å²) < 4.78 is 38.5. The molecule has 0 bridgehead atoms. The van der Waals surface area contributed by atoms with Crippen LogP contribution in [0.1, 0.15) is 29.9 Å². The zero-order chi connectivity index (χ0) is 16.6. The van der Waals surface area contributed by atoms with Crippen LogP contribution in [-0.4, -0.2) is 20.2 Å². The van der Waals surface area contributed by atoms with Gasteiger partial charge in [0.05, 0.1) is 17.1 Å². The molecule has 23 heavy (non-hydrogen) atoms. The van der Waals surface area contributed by atoms with E-state index in [1.54, 1.807) is 26.1 Å². The fourth-order valence-electron chi connectivity index (χ4n) is 2.33. The largest absolute Gasteiger partial charge is 0.416 e. The lowest BCUT2D eigenvalue weighted by Gasteiger charge is -2.17. The number of H-pyrrole nitrogens is 1. The Morgan fingerprint density at radius 1 is 1.22 bits per heavy atom. The molecule has 3 aromatic rings. The van der Waals surface area contributed by atoms with Gasteiger partial charge in [-0.1, -0.05) is 12.1 Å². The number of nitrogens with one attached hydrogen (secondary N) is 2. The predicted octanol–water partition coefficient (Wildman–Crippen LogP) is 3.85. The first-order valence-corrected chi connectivity index (χ1v) is 6.96. The van der Waals surface area contributed by atoms with Crippen molar-refractivity contribution in [2.45, 2.75) is 26.1 Å².